The molecule has 1 aliphatic heterocycles. The van der Waals surface area contributed by atoms with Gasteiger partial charge in [-0.3, -0.25) is 0 Å². The maximum absolute atomic E-state index is 12.9. The minimum Gasteiger partial charge on any atom is -0.444 e. The van der Waals surface area contributed by atoms with E-state index < -0.39 is 5.60 Å². The summed E-state index contributed by atoms with van der Waals surface area (Å²) in [4.78, 5) is 26.8. The lowest BCUT2D eigenvalue weighted by Gasteiger charge is -2.43. The van der Waals surface area contributed by atoms with Crippen LogP contribution in [-0.4, -0.2) is 58.5 Å². The molecule has 3 aliphatic rings. The van der Waals surface area contributed by atoms with Crippen molar-refractivity contribution in [1.29, 1.82) is 5.26 Å². The van der Waals surface area contributed by atoms with Crippen molar-refractivity contribution < 1.29 is 9.53 Å². The van der Waals surface area contributed by atoms with E-state index in [1.54, 1.807) is 16.7 Å². The third-order valence-electron chi connectivity index (χ3n) is 7.79. The molecule has 0 radical (unpaired) electrons. The quantitative estimate of drug-likeness (QED) is 0.433. The number of aryl methyl sites for hydroxylation is 1. The number of fused-ring (bicyclic) bond motifs is 3. The third-order valence-corrected chi connectivity index (χ3v) is 8.34. The number of carbonyl (C=O) groups is 1. The number of rotatable bonds is 3. The number of aromatic nitrogens is 2. The Hall–Kier alpha value is -2.79. The van der Waals surface area contributed by atoms with Crippen LogP contribution in [-0.2, 0) is 29.4 Å². The zero-order chi connectivity index (χ0) is 25.5. The summed E-state index contributed by atoms with van der Waals surface area (Å²) < 4.78 is 5.63. The highest BCUT2D eigenvalue weighted by Crippen LogP contribution is 2.48. The Balaban J connectivity index is 1.43. The van der Waals surface area contributed by atoms with E-state index in [9.17, 15) is 10.1 Å². The number of benzene rings is 1. The topological polar surface area (TPSA) is 82.4 Å². The number of hydrogen-bond acceptors (Lipinski definition) is 7. The molecular formula is C28H35N5O2S. The number of anilines is 1. The number of thioether (sulfide) groups is 1. The van der Waals surface area contributed by atoms with Crippen LogP contribution in [0.5, 0.6) is 0 Å². The molecule has 1 amide bonds. The molecule has 1 spiro atoms. The zero-order valence-corrected chi connectivity index (χ0v) is 22.5. The smallest absolute Gasteiger partial charge is 0.410 e. The van der Waals surface area contributed by atoms with Gasteiger partial charge in [0.15, 0.2) is 5.16 Å². The van der Waals surface area contributed by atoms with Crippen LogP contribution < -0.4 is 4.90 Å². The van der Waals surface area contributed by atoms with Crippen LogP contribution in [0.3, 0.4) is 0 Å². The van der Waals surface area contributed by atoms with Gasteiger partial charge in [0.05, 0.1) is 24.2 Å². The van der Waals surface area contributed by atoms with Gasteiger partial charge in [0.25, 0.3) is 0 Å². The maximum Gasteiger partial charge on any atom is 0.410 e. The lowest BCUT2D eigenvalue weighted by atomic mass is 9.69. The second kappa shape index (κ2) is 9.59. The largest absolute Gasteiger partial charge is 0.444 e. The van der Waals surface area contributed by atoms with Gasteiger partial charge in [-0.1, -0.05) is 36.0 Å². The normalized spacial score (nSPS) is 23.2. The number of nitrogens with zero attached hydrogens (tertiary/aromatic N) is 5. The molecule has 2 aromatic rings. The molecule has 0 bridgehead atoms. The van der Waals surface area contributed by atoms with E-state index in [2.05, 4.69) is 35.2 Å². The maximum atomic E-state index is 12.9. The van der Waals surface area contributed by atoms with E-state index in [1.807, 2.05) is 27.0 Å². The molecule has 1 aromatic heterocycles. The number of hydrogen-bond donors (Lipinski definition) is 0. The fraction of sp³-hybridized carbons (Fsp3) is 0.571. The minimum atomic E-state index is -0.570. The molecule has 1 fully saturated rings. The number of ether oxygens (including phenoxy) is 1. The Morgan fingerprint density at radius 2 is 2.00 bits per heavy atom. The zero-order valence-electron chi connectivity index (χ0n) is 21.7. The molecule has 1 unspecified atom stereocenters. The first-order valence-corrected chi connectivity index (χ1v) is 14.1. The molecule has 7 nitrogen and oxygen atoms in total. The summed E-state index contributed by atoms with van der Waals surface area (Å²) in [5.41, 5.74) is 4.99. The molecule has 1 aromatic carbocycles. The predicted molar refractivity (Wildman–Crippen MR) is 141 cm³/mol. The number of amides is 1. The van der Waals surface area contributed by atoms with Crippen molar-refractivity contribution in [1.82, 2.24) is 14.9 Å². The van der Waals surface area contributed by atoms with Crippen LogP contribution in [0.15, 0.2) is 29.4 Å². The van der Waals surface area contributed by atoms with Crippen molar-refractivity contribution in [3.05, 3.63) is 46.6 Å². The van der Waals surface area contributed by atoms with Gasteiger partial charge in [-0.25, -0.2) is 14.8 Å². The lowest BCUT2D eigenvalue weighted by Crippen LogP contribution is -2.56. The molecular weight excluding hydrogens is 470 g/mol. The minimum absolute atomic E-state index is 0.170. The molecule has 190 valence electrons. The summed E-state index contributed by atoms with van der Waals surface area (Å²) in [5.74, 6) is 0.984. The van der Waals surface area contributed by atoms with Crippen molar-refractivity contribution in [2.75, 3.05) is 30.8 Å². The molecule has 2 heterocycles. The molecule has 0 saturated carbocycles. The average Bonchev–Trinajstić information content (AvgIpc) is 3.20. The van der Waals surface area contributed by atoms with Gasteiger partial charge in [0.2, 0.25) is 0 Å². The first kappa shape index (κ1) is 24.9. The van der Waals surface area contributed by atoms with E-state index in [0.29, 0.717) is 19.6 Å². The van der Waals surface area contributed by atoms with Crippen molar-refractivity contribution in [3.8, 4) is 6.07 Å². The fourth-order valence-corrected chi connectivity index (χ4v) is 6.50. The van der Waals surface area contributed by atoms with Crippen molar-refractivity contribution >= 4 is 23.7 Å². The van der Waals surface area contributed by atoms with Gasteiger partial charge in [0, 0.05) is 30.6 Å². The molecule has 8 heteroatoms. The van der Waals surface area contributed by atoms with Crippen LogP contribution in [0.25, 0.3) is 0 Å². The Kier molecular flexibility index (Phi) is 6.63. The van der Waals surface area contributed by atoms with E-state index in [-0.39, 0.29) is 24.0 Å². The van der Waals surface area contributed by atoms with Gasteiger partial charge in [-0.05, 0) is 70.3 Å². The fourth-order valence-electron chi connectivity index (χ4n) is 6.12. The highest BCUT2D eigenvalue weighted by atomic mass is 32.2. The summed E-state index contributed by atoms with van der Waals surface area (Å²) in [6.07, 6.45) is 7.25. The van der Waals surface area contributed by atoms with Crippen molar-refractivity contribution in [3.63, 3.8) is 0 Å². The second-order valence-corrected chi connectivity index (χ2v) is 12.0. The summed E-state index contributed by atoms with van der Waals surface area (Å²) >= 11 is 1.57. The summed E-state index contributed by atoms with van der Waals surface area (Å²) in [5, 5.41) is 10.3. The van der Waals surface area contributed by atoms with E-state index in [1.165, 1.54) is 28.8 Å². The Bertz CT molecular complexity index is 1200. The van der Waals surface area contributed by atoms with Crippen molar-refractivity contribution in [2.45, 2.75) is 81.5 Å². The van der Waals surface area contributed by atoms with Gasteiger partial charge >= 0.3 is 6.09 Å². The highest BCUT2D eigenvalue weighted by molar-refractivity contribution is 7.98. The number of carbonyl (C=O) groups excluding carboxylic acids is 1. The van der Waals surface area contributed by atoms with Crippen molar-refractivity contribution in [2.24, 2.45) is 0 Å². The van der Waals surface area contributed by atoms with Gasteiger partial charge < -0.3 is 14.5 Å². The van der Waals surface area contributed by atoms with Crippen LogP contribution in [0.2, 0.25) is 0 Å². The molecule has 1 saturated heterocycles. The first-order chi connectivity index (χ1) is 17.2. The summed E-state index contributed by atoms with van der Waals surface area (Å²) in [6.45, 7) is 7.34. The highest BCUT2D eigenvalue weighted by Gasteiger charge is 2.43. The predicted octanol–water partition coefficient (Wildman–Crippen LogP) is 4.91. The molecule has 2 atom stereocenters. The summed E-state index contributed by atoms with van der Waals surface area (Å²) in [6, 6.07) is 10.9. The van der Waals surface area contributed by atoms with E-state index >= 15 is 0 Å². The van der Waals surface area contributed by atoms with Crippen LogP contribution in [0.4, 0.5) is 10.6 Å². The van der Waals surface area contributed by atoms with E-state index in [0.717, 1.165) is 36.7 Å². The molecule has 36 heavy (non-hydrogen) atoms. The SMILES string of the molecule is CSc1nc2c(c(N3CCN(C(=O)OC(C)(C)C)[C@@H](CC#N)C3)n1)CCC1(CCc3ccccc31)C2. The monoisotopic (exact) mass is 505 g/mol. The van der Waals surface area contributed by atoms with E-state index in [4.69, 9.17) is 14.7 Å². The van der Waals surface area contributed by atoms with Gasteiger partial charge in [-0.2, -0.15) is 5.26 Å². The van der Waals surface area contributed by atoms with Crippen LogP contribution in [0, 0.1) is 11.3 Å². The average molecular weight is 506 g/mol. The number of piperazine rings is 1. The lowest BCUT2D eigenvalue weighted by molar-refractivity contribution is 0.0144. The first-order valence-electron chi connectivity index (χ1n) is 12.9. The summed E-state index contributed by atoms with van der Waals surface area (Å²) in [7, 11) is 0. The Labute approximate surface area is 218 Å². The molecule has 2 aliphatic carbocycles. The molecule has 0 N–H and O–H groups in total. The van der Waals surface area contributed by atoms with Crippen LogP contribution in [0.1, 0.15) is 62.4 Å². The Morgan fingerprint density at radius 3 is 2.75 bits per heavy atom. The standard InChI is InChI=1S/C28H35N5O2S/c1-27(2,3)35-26(34)33-16-15-32(18-20(33)11-14-29)24-21-10-13-28(17-23(21)30-25(31-24)36-4)12-9-19-7-5-6-8-22(19)28/h5-8,20H,9-13,15-18H2,1-4H3/t20-,28?/m0/s1. The van der Waals surface area contributed by atoms with Gasteiger partial charge in [0.1, 0.15) is 11.4 Å². The Morgan fingerprint density at radius 1 is 1.22 bits per heavy atom. The van der Waals surface area contributed by atoms with Crippen LogP contribution >= 0.6 is 11.8 Å². The molecule has 5 rings (SSSR count). The number of nitriles is 1. The third kappa shape index (κ3) is 4.66. The van der Waals surface area contributed by atoms with Gasteiger partial charge in [-0.15, -0.1) is 0 Å². The second-order valence-electron chi connectivity index (χ2n) is 11.2.